The third-order valence-corrected chi connectivity index (χ3v) is 4.96. The molecule has 8 heteroatoms. The van der Waals surface area contributed by atoms with Crippen LogP contribution in [0.15, 0.2) is 24.4 Å². The molecule has 1 aliphatic rings. The van der Waals surface area contributed by atoms with Crippen LogP contribution in [0.25, 0.3) is 5.69 Å². The average Bonchev–Trinajstić information content (AvgIpc) is 3.26. The number of benzene rings is 1. The predicted octanol–water partition coefficient (Wildman–Crippen LogP) is 3.66. The third kappa shape index (κ3) is 2.82. The molecule has 0 spiro atoms. The van der Waals surface area contributed by atoms with Gasteiger partial charge in [-0.25, -0.2) is 18.4 Å². The highest BCUT2D eigenvalue weighted by molar-refractivity contribution is 7.15. The standard InChI is InChI=1S/C17H14F2N4OS/c1-9-8-20-17(25-9)21-16(24)15-11-3-2-4-14(11)23(22-15)10-5-6-12(18)13(19)7-10/h5-8H,2-4H2,1H3,(H,20,21,24). The van der Waals surface area contributed by atoms with Gasteiger partial charge in [0, 0.05) is 28.4 Å². The fraction of sp³-hybridized carbons (Fsp3) is 0.235. The highest BCUT2D eigenvalue weighted by Crippen LogP contribution is 2.29. The van der Waals surface area contributed by atoms with Crippen LogP contribution >= 0.6 is 11.3 Å². The second-order valence-corrected chi connectivity index (χ2v) is 7.10. The molecule has 0 atom stereocenters. The molecule has 0 aliphatic heterocycles. The van der Waals surface area contributed by atoms with Crippen LogP contribution in [0.2, 0.25) is 0 Å². The van der Waals surface area contributed by atoms with Crippen LogP contribution < -0.4 is 5.32 Å². The lowest BCUT2D eigenvalue weighted by Crippen LogP contribution is -2.14. The smallest absolute Gasteiger partial charge is 0.278 e. The molecule has 0 unspecified atom stereocenters. The molecule has 4 rings (SSSR count). The van der Waals surface area contributed by atoms with Crippen molar-refractivity contribution in [3.8, 4) is 5.69 Å². The zero-order valence-corrected chi connectivity index (χ0v) is 14.2. The zero-order valence-electron chi connectivity index (χ0n) is 13.3. The Kier molecular flexibility index (Phi) is 3.84. The summed E-state index contributed by atoms with van der Waals surface area (Å²) in [5.74, 6) is -2.19. The summed E-state index contributed by atoms with van der Waals surface area (Å²) in [6.45, 7) is 1.91. The van der Waals surface area contributed by atoms with Gasteiger partial charge in [-0.1, -0.05) is 0 Å². The maximum Gasteiger partial charge on any atom is 0.278 e. The lowest BCUT2D eigenvalue weighted by molar-refractivity contribution is 0.102. The first-order valence-corrected chi connectivity index (χ1v) is 8.64. The van der Waals surface area contributed by atoms with Crippen LogP contribution in [-0.4, -0.2) is 20.7 Å². The molecular formula is C17H14F2N4OS. The van der Waals surface area contributed by atoms with Gasteiger partial charge in [0.25, 0.3) is 5.91 Å². The summed E-state index contributed by atoms with van der Waals surface area (Å²) in [6.07, 6.45) is 4.06. The van der Waals surface area contributed by atoms with E-state index in [1.54, 1.807) is 6.20 Å². The Balaban J connectivity index is 1.72. The third-order valence-electron chi connectivity index (χ3n) is 4.13. The van der Waals surface area contributed by atoms with E-state index >= 15 is 0 Å². The van der Waals surface area contributed by atoms with Gasteiger partial charge < -0.3 is 0 Å². The van der Waals surface area contributed by atoms with Crippen LogP contribution in [0.1, 0.15) is 33.0 Å². The van der Waals surface area contributed by atoms with E-state index in [2.05, 4.69) is 15.4 Å². The molecule has 0 saturated carbocycles. The van der Waals surface area contributed by atoms with Gasteiger partial charge in [-0.05, 0) is 38.3 Å². The number of carbonyl (C=O) groups is 1. The zero-order chi connectivity index (χ0) is 17.6. The Morgan fingerprint density at radius 3 is 2.84 bits per heavy atom. The van der Waals surface area contributed by atoms with Crippen LogP contribution in [0.4, 0.5) is 13.9 Å². The highest BCUT2D eigenvalue weighted by atomic mass is 32.1. The van der Waals surface area contributed by atoms with Gasteiger partial charge in [-0.2, -0.15) is 5.10 Å². The number of rotatable bonds is 3. The number of halogens is 2. The molecule has 0 bridgehead atoms. The molecule has 1 N–H and O–H groups in total. The first-order valence-electron chi connectivity index (χ1n) is 7.83. The van der Waals surface area contributed by atoms with Gasteiger partial charge in [0.15, 0.2) is 22.5 Å². The van der Waals surface area contributed by atoms with Crippen molar-refractivity contribution >= 4 is 22.4 Å². The Morgan fingerprint density at radius 2 is 2.12 bits per heavy atom. The van der Waals surface area contributed by atoms with E-state index in [0.717, 1.165) is 47.5 Å². The SMILES string of the molecule is Cc1cnc(NC(=O)c2nn(-c3ccc(F)c(F)c3)c3c2CCC3)s1. The van der Waals surface area contributed by atoms with Crippen LogP contribution in [0, 0.1) is 18.6 Å². The molecule has 3 aromatic rings. The fourth-order valence-corrected chi connectivity index (χ4v) is 3.68. The normalized spacial score (nSPS) is 13.1. The van der Waals surface area contributed by atoms with Crippen molar-refractivity contribution in [3.63, 3.8) is 0 Å². The lowest BCUT2D eigenvalue weighted by Gasteiger charge is -2.06. The molecule has 5 nitrogen and oxygen atoms in total. The van der Waals surface area contributed by atoms with Crippen molar-refractivity contribution < 1.29 is 13.6 Å². The van der Waals surface area contributed by atoms with E-state index in [1.165, 1.54) is 22.1 Å². The monoisotopic (exact) mass is 360 g/mol. The predicted molar refractivity (Wildman–Crippen MR) is 90.3 cm³/mol. The molecule has 1 aliphatic carbocycles. The first kappa shape index (κ1) is 15.9. The van der Waals surface area contributed by atoms with Crippen molar-refractivity contribution in [1.82, 2.24) is 14.8 Å². The minimum Gasteiger partial charge on any atom is -0.296 e. The number of thiazole rings is 1. The number of anilines is 1. The molecule has 0 saturated heterocycles. The number of fused-ring (bicyclic) bond motifs is 1. The van der Waals surface area contributed by atoms with Gasteiger partial charge >= 0.3 is 0 Å². The fourth-order valence-electron chi connectivity index (χ4n) is 3.02. The van der Waals surface area contributed by atoms with Gasteiger partial charge in [0.05, 0.1) is 5.69 Å². The minimum absolute atomic E-state index is 0.310. The van der Waals surface area contributed by atoms with E-state index < -0.39 is 11.6 Å². The number of aromatic nitrogens is 3. The van der Waals surface area contributed by atoms with Crippen LogP contribution in [-0.2, 0) is 12.8 Å². The molecule has 0 radical (unpaired) electrons. The number of nitrogens with one attached hydrogen (secondary N) is 1. The molecule has 0 fully saturated rings. The number of carbonyl (C=O) groups excluding carboxylic acids is 1. The highest BCUT2D eigenvalue weighted by Gasteiger charge is 2.27. The quantitative estimate of drug-likeness (QED) is 0.775. The Morgan fingerprint density at radius 1 is 1.28 bits per heavy atom. The number of hydrogen-bond acceptors (Lipinski definition) is 4. The summed E-state index contributed by atoms with van der Waals surface area (Å²) in [5.41, 5.74) is 2.44. The molecular weight excluding hydrogens is 346 g/mol. The number of amides is 1. The van der Waals surface area contributed by atoms with Crippen molar-refractivity contribution in [2.45, 2.75) is 26.2 Å². The summed E-state index contributed by atoms with van der Waals surface area (Å²) in [4.78, 5) is 17.7. The molecule has 128 valence electrons. The number of nitrogens with zero attached hydrogens (tertiary/aromatic N) is 3. The van der Waals surface area contributed by atoms with E-state index in [9.17, 15) is 13.6 Å². The lowest BCUT2D eigenvalue weighted by atomic mass is 10.2. The molecule has 2 heterocycles. The van der Waals surface area contributed by atoms with Gasteiger partial charge in [0.1, 0.15) is 0 Å². The van der Waals surface area contributed by atoms with Gasteiger partial charge in [0.2, 0.25) is 0 Å². The summed E-state index contributed by atoms with van der Waals surface area (Å²) >= 11 is 1.38. The maximum absolute atomic E-state index is 13.6. The summed E-state index contributed by atoms with van der Waals surface area (Å²) in [7, 11) is 0. The summed E-state index contributed by atoms with van der Waals surface area (Å²) < 4.78 is 28.3. The molecule has 2 aromatic heterocycles. The number of hydrogen-bond donors (Lipinski definition) is 1. The topological polar surface area (TPSA) is 59.8 Å². The molecule has 25 heavy (non-hydrogen) atoms. The largest absolute Gasteiger partial charge is 0.296 e. The second kappa shape index (κ2) is 6.03. The van der Waals surface area contributed by atoms with Crippen molar-refractivity contribution in [2.24, 2.45) is 0 Å². The second-order valence-electron chi connectivity index (χ2n) is 5.87. The minimum atomic E-state index is -0.941. The van der Waals surface area contributed by atoms with Crippen molar-refractivity contribution in [2.75, 3.05) is 5.32 Å². The Bertz CT molecular complexity index is 979. The van der Waals surface area contributed by atoms with E-state index in [1.807, 2.05) is 6.92 Å². The maximum atomic E-state index is 13.6. The van der Waals surface area contributed by atoms with E-state index in [4.69, 9.17) is 0 Å². The van der Waals surface area contributed by atoms with E-state index in [0.29, 0.717) is 16.5 Å². The number of aryl methyl sites for hydroxylation is 1. The van der Waals surface area contributed by atoms with Crippen LogP contribution in [0.5, 0.6) is 0 Å². The molecule has 1 aromatic carbocycles. The average molecular weight is 360 g/mol. The van der Waals surface area contributed by atoms with Crippen molar-refractivity contribution in [1.29, 1.82) is 0 Å². The Hall–Kier alpha value is -2.61. The summed E-state index contributed by atoms with van der Waals surface area (Å²) in [5, 5.41) is 7.63. The molecule has 1 amide bonds. The van der Waals surface area contributed by atoms with Gasteiger partial charge in [-0.15, -0.1) is 11.3 Å². The summed E-state index contributed by atoms with van der Waals surface area (Å²) in [6, 6.07) is 3.61. The van der Waals surface area contributed by atoms with Crippen LogP contribution in [0.3, 0.4) is 0 Å². The Labute approximate surface area is 146 Å². The van der Waals surface area contributed by atoms with E-state index in [-0.39, 0.29) is 5.91 Å². The van der Waals surface area contributed by atoms with Gasteiger partial charge in [-0.3, -0.25) is 10.1 Å². The first-order chi connectivity index (χ1) is 12.0. The van der Waals surface area contributed by atoms with Crippen molar-refractivity contribution in [3.05, 3.63) is 57.9 Å².